The molecule has 1 amide bonds. The minimum Gasteiger partial charge on any atom is -0.494 e. The maximum Gasteiger partial charge on any atom is 0.412 e. The first kappa shape index (κ1) is 23.7. The Balaban J connectivity index is 1.65. The number of carbonyl (C=O) groups excluding carboxylic acids is 2. The molecule has 32 heavy (non-hydrogen) atoms. The lowest BCUT2D eigenvalue weighted by molar-refractivity contribution is -0.672. The lowest BCUT2D eigenvalue weighted by Crippen LogP contribution is -2.34. The molecule has 1 heterocycles. The van der Waals surface area contributed by atoms with Crippen molar-refractivity contribution in [2.24, 2.45) is 0 Å². The molecule has 0 radical (unpaired) electrons. The highest BCUT2D eigenvalue weighted by Crippen LogP contribution is 2.37. The van der Waals surface area contributed by atoms with E-state index in [4.69, 9.17) is 13.8 Å². The van der Waals surface area contributed by atoms with E-state index in [0.717, 1.165) is 28.8 Å². The second kappa shape index (κ2) is 9.65. The molecule has 1 aliphatic heterocycles. The number of unbranched alkanes of at least 4 members (excludes halogenated alkanes) is 1. The van der Waals surface area contributed by atoms with Crippen LogP contribution in [0.1, 0.15) is 60.7 Å². The van der Waals surface area contributed by atoms with E-state index in [1.807, 2.05) is 64.2 Å². The van der Waals surface area contributed by atoms with Crippen LogP contribution < -0.4 is 10.1 Å². The molecule has 8 heteroatoms. The van der Waals surface area contributed by atoms with Gasteiger partial charge in [-0.25, -0.2) is 4.79 Å². The molecule has 0 saturated heterocycles. The van der Waals surface area contributed by atoms with Crippen LogP contribution in [-0.4, -0.2) is 29.4 Å². The molecule has 0 aromatic heterocycles. The summed E-state index contributed by atoms with van der Waals surface area (Å²) in [5.74, 6) is 0.677. The lowest BCUT2D eigenvalue weighted by Gasteiger charge is -2.32. The van der Waals surface area contributed by atoms with Crippen molar-refractivity contribution in [3.05, 3.63) is 52.6 Å². The van der Waals surface area contributed by atoms with Crippen molar-refractivity contribution in [3.63, 3.8) is 0 Å². The number of aryl methyl sites for hydroxylation is 1. The summed E-state index contributed by atoms with van der Waals surface area (Å²) in [5, 5.41) is 2.70. The highest BCUT2D eigenvalue weighted by Gasteiger charge is 2.33. The fraction of sp³-hybridized carbons (Fsp3) is 0.375. The van der Waals surface area contributed by atoms with Gasteiger partial charge in [-0.05, 0) is 70.4 Å². The summed E-state index contributed by atoms with van der Waals surface area (Å²) in [6.07, 6.45) is 2.76. The quantitative estimate of drug-likeness (QED) is 0.102. The molecule has 0 fully saturated rings. The van der Waals surface area contributed by atoms with Crippen molar-refractivity contribution in [2.45, 2.75) is 53.1 Å². The number of rotatable bonds is 8. The van der Waals surface area contributed by atoms with Crippen molar-refractivity contribution < 1.29 is 28.1 Å². The predicted molar refractivity (Wildman–Crippen MR) is 126 cm³/mol. The number of hydrogen-bond acceptors (Lipinski definition) is 6. The minimum absolute atomic E-state index is 0.0242. The molecule has 0 unspecified atom stereocenters. The number of fused-ring (bicyclic) bond motifs is 1. The Labute approximate surface area is 193 Å². The number of carbonyl (C=O) groups is 2. The van der Waals surface area contributed by atoms with Crippen LogP contribution in [0.2, 0.25) is 0 Å². The molecule has 0 bridgehead atoms. The van der Waals surface area contributed by atoms with Gasteiger partial charge in [0.05, 0.1) is 17.9 Å². The van der Waals surface area contributed by atoms with Crippen LogP contribution >= 0.6 is 12.9 Å². The smallest absolute Gasteiger partial charge is 0.412 e. The van der Waals surface area contributed by atoms with E-state index in [-0.39, 0.29) is 5.78 Å². The molecule has 1 N–H and O–H groups in total. The normalized spacial score (nSPS) is 14.8. The molecule has 0 spiro atoms. The number of Topliss-reactive ketones (excluding diaryl/α,β-unsaturated/α-hetero) is 1. The zero-order chi connectivity index (χ0) is 23.5. The summed E-state index contributed by atoms with van der Waals surface area (Å²) in [4.78, 5) is 23.8. The number of nitrogens with one attached hydrogen (secondary N) is 1. The number of cyclic esters (lactones) is 1. The fourth-order valence-electron chi connectivity index (χ4n) is 3.73. The minimum atomic E-state index is -0.726. The number of benzene rings is 2. The number of anilines is 1. The maximum absolute atomic E-state index is 12.2. The van der Waals surface area contributed by atoms with Gasteiger partial charge in [0, 0.05) is 22.8 Å². The number of hydrogen-bond donors (Lipinski definition) is 2. The van der Waals surface area contributed by atoms with E-state index < -0.39 is 11.7 Å². The van der Waals surface area contributed by atoms with Gasteiger partial charge in [-0.3, -0.25) is 10.1 Å². The standard InChI is InChI=1S/C24H28N2O5S/c1-15-8-11-21(22(16(15)2)17(3)27)26(31-32)12-6-7-13-29-18-9-10-20-19(14-18)24(4,5)30-23(28)25-20/h8-12,14H,6-7,13H2,1-5H3,(H-,25,28,32)/p+1. The summed E-state index contributed by atoms with van der Waals surface area (Å²) in [5.41, 5.74) is 4.12. The molecule has 0 aliphatic carbocycles. The maximum atomic E-state index is 12.2. The highest BCUT2D eigenvalue weighted by atomic mass is 32.1. The highest BCUT2D eigenvalue weighted by molar-refractivity contribution is 7.74. The largest absolute Gasteiger partial charge is 0.494 e. The van der Waals surface area contributed by atoms with Gasteiger partial charge >= 0.3 is 6.09 Å². The van der Waals surface area contributed by atoms with E-state index in [1.54, 1.807) is 6.92 Å². The molecule has 170 valence electrons. The van der Waals surface area contributed by atoms with Crippen molar-refractivity contribution in [1.82, 2.24) is 0 Å². The SMILES string of the molecule is CC(=O)c1c([N+](=CCCCOc2ccc3c(c2)C(C)(C)OC(=O)N3)OS)ccc(C)c1C. The summed E-state index contributed by atoms with van der Waals surface area (Å²) in [6.45, 7) is 9.62. The van der Waals surface area contributed by atoms with E-state index in [2.05, 4.69) is 18.2 Å². The average Bonchev–Trinajstić information content (AvgIpc) is 2.72. The molecule has 3 rings (SSSR count). The van der Waals surface area contributed by atoms with Crippen LogP contribution in [0.3, 0.4) is 0 Å². The zero-order valence-electron chi connectivity index (χ0n) is 19.0. The predicted octanol–water partition coefficient (Wildman–Crippen LogP) is 5.65. The summed E-state index contributed by atoms with van der Waals surface area (Å²) in [6, 6.07) is 9.34. The number of thiol groups is 1. The monoisotopic (exact) mass is 457 g/mol. The first-order chi connectivity index (χ1) is 15.1. The first-order valence-corrected chi connectivity index (χ1v) is 10.8. The molecule has 2 aromatic carbocycles. The molecule has 2 aromatic rings. The molecular formula is C24H29N2O5S+. The van der Waals surface area contributed by atoms with E-state index in [9.17, 15) is 9.59 Å². The molecule has 0 saturated carbocycles. The van der Waals surface area contributed by atoms with E-state index in [0.29, 0.717) is 30.0 Å². The zero-order valence-corrected chi connectivity index (χ0v) is 19.9. The van der Waals surface area contributed by atoms with Crippen LogP contribution in [0.5, 0.6) is 5.75 Å². The van der Waals surface area contributed by atoms with Gasteiger partial charge in [0.2, 0.25) is 6.21 Å². The van der Waals surface area contributed by atoms with Gasteiger partial charge in [-0.15, -0.1) is 0 Å². The van der Waals surface area contributed by atoms with Crippen LogP contribution in [-0.2, 0) is 14.6 Å². The van der Waals surface area contributed by atoms with Crippen LogP contribution in [0, 0.1) is 13.8 Å². The van der Waals surface area contributed by atoms with Crippen molar-refractivity contribution in [2.75, 3.05) is 11.9 Å². The van der Waals surface area contributed by atoms with Gasteiger partial charge in [-0.2, -0.15) is 4.28 Å². The van der Waals surface area contributed by atoms with Gasteiger partial charge in [0.15, 0.2) is 5.78 Å². The third-order valence-corrected chi connectivity index (χ3v) is 5.70. The van der Waals surface area contributed by atoms with Crippen LogP contribution in [0.25, 0.3) is 0 Å². The first-order valence-electron chi connectivity index (χ1n) is 10.5. The lowest BCUT2D eigenvalue weighted by atomic mass is 9.94. The van der Waals surface area contributed by atoms with Crippen LogP contribution in [0.15, 0.2) is 30.3 Å². The van der Waals surface area contributed by atoms with E-state index in [1.165, 1.54) is 4.74 Å². The topological polar surface area (TPSA) is 76.9 Å². The molecule has 0 atom stereocenters. The summed E-state index contributed by atoms with van der Waals surface area (Å²) >= 11 is 3.96. The Morgan fingerprint density at radius 2 is 2.00 bits per heavy atom. The second-order valence-electron chi connectivity index (χ2n) is 8.27. The van der Waals surface area contributed by atoms with Crippen molar-refractivity contribution in [1.29, 1.82) is 0 Å². The number of amides is 1. The fourth-order valence-corrected chi connectivity index (χ4v) is 3.88. The molecular weight excluding hydrogens is 428 g/mol. The van der Waals surface area contributed by atoms with Gasteiger partial charge in [-0.1, -0.05) is 6.07 Å². The average molecular weight is 458 g/mol. The molecule has 7 nitrogen and oxygen atoms in total. The third-order valence-electron chi connectivity index (χ3n) is 5.53. The Morgan fingerprint density at radius 3 is 2.69 bits per heavy atom. The Hall–Kier alpha value is -3.00. The summed E-state index contributed by atoms with van der Waals surface area (Å²) < 4.78 is 18.0. The summed E-state index contributed by atoms with van der Waals surface area (Å²) in [7, 11) is 0. The van der Waals surface area contributed by atoms with Crippen LogP contribution in [0.4, 0.5) is 16.2 Å². The van der Waals surface area contributed by atoms with Gasteiger partial charge < -0.3 is 9.47 Å². The van der Waals surface area contributed by atoms with Crippen molar-refractivity contribution in [3.8, 4) is 5.75 Å². The van der Waals surface area contributed by atoms with Gasteiger partial charge in [0.1, 0.15) is 24.3 Å². The Bertz CT molecular complexity index is 1080. The van der Waals surface area contributed by atoms with Crippen molar-refractivity contribution >= 4 is 42.4 Å². The Kier molecular flexibility index (Phi) is 7.13. The number of ketones is 1. The Morgan fingerprint density at radius 1 is 1.25 bits per heavy atom. The molecule has 1 aliphatic rings. The number of nitrogens with zero attached hydrogens (tertiary/aromatic N) is 1. The number of ether oxygens (including phenoxy) is 2. The third kappa shape index (κ3) is 5.07. The second-order valence-corrected chi connectivity index (χ2v) is 8.43. The van der Waals surface area contributed by atoms with Gasteiger partial charge in [0.25, 0.3) is 5.69 Å². The van der Waals surface area contributed by atoms with E-state index >= 15 is 0 Å².